The van der Waals surface area contributed by atoms with Crippen molar-refractivity contribution in [3.05, 3.63) is 66.3 Å². The third-order valence-corrected chi connectivity index (χ3v) is 11.8. The summed E-state index contributed by atoms with van der Waals surface area (Å²) in [7, 11) is 0. The van der Waals surface area contributed by atoms with Crippen LogP contribution in [0.2, 0.25) is 0 Å². The summed E-state index contributed by atoms with van der Waals surface area (Å²) >= 11 is 0. The van der Waals surface area contributed by atoms with Crippen LogP contribution in [0.3, 0.4) is 0 Å². The zero-order valence-corrected chi connectivity index (χ0v) is 37.3. The Balaban J connectivity index is 1.30. The first kappa shape index (κ1) is 52.0. The Morgan fingerprint density at radius 1 is 0.662 bits per heavy atom. The monoisotopic (exact) mass is 951 g/mol. The number of aliphatic carboxylic acids is 1. The number of nitrogens with two attached hydrogens (primary N) is 2. The van der Waals surface area contributed by atoms with Gasteiger partial charge < -0.3 is 78.2 Å². The number of benzene rings is 1. The van der Waals surface area contributed by atoms with Gasteiger partial charge in [-0.05, 0) is 69.2 Å². The van der Waals surface area contributed by atoms with E-state index >= 15 is 0 Å². The Bertz CT molecular complexity index is 2180. The van der Waals surface area contributed by atoms with E-state index in [0.29, 0.717) is 49.2 Å². The Kier molecular flexibility index (Phi) is 19.3. The average molecular weight is 952 g/mol. The predicted octanol–water partition coefficient (Wildman–Crippen LogP) is -4.20. The van der Waals surface area contributed by atoms with E-state index in [2.05, 4.69) is 46.5 Å². The van der Waals surface area contributed by atoms with Crippen molar-refractivity contribution in [2.45, 2.75) is 113 Å². The van der Waals surface area contributed by atoms with Crippen molar-refractivity contribution in [1.82, 2.24) is 56.3 Å². The van der Waals surface area contributed by atoms with Gasteiger partial charge in [-0.1, -0.05) is 12.1 Å². The van der Waals surface area contributed by atoms with Crippen LogP contribution in [0.25, 0.3) is 0 Å². The van der Waals surface area contributed by atoms with Crippen LogP contribution in [0.5, 0.6) is 5.75 Å². The fraction of sp³-hybridized carbons (Fsp3) is 0.535. The lowest BCUT2D eigenvalue weighted by molar-refractivity contribution is -0.144. The minimum absolute atomic E-state index is 0.0256. The number of imidazole rings is 2. The van der Waals surface area contributed by atoms with Crippen molar-refractivity contribution in [3.63, 3.8) is 0 Å². The number of hydrogen-bond acceptors (Lipinski definition) is 15. The number of phenolic OH excluding ortho intramolecular Hbond substituents is 1. The fourth-order valence-electron chi connectivity index (χ4n) is 8.12. The minimum atomic E-state index is -1.62. The van der Waals surface area contributed by atoms with Crippen molar-refractivity contribution < 1.29 is 58.8 Å². The largest absolute Gasteiger partial charge is 0.508 e. The van der Waals surface area contributed by atoms with Gasteiger partial charge >= 0.3 is 5.97 Å². The predicted molar refractivity (Wildman–Crippen MR) is 238 cm³/mol. The Labute approximate surface area is 390 Å². The van der Waals surface area contributed by atoms with Gasteiger partial charge in [0.05, 0.1) is 25.9 Å². The van der Waals surface area contributed by atoms with E-state index in [9.17, 15) is 58.8 Å². The number of unbranched alkanes of at least 4 members (excludes halogenated alkanes) is 1. The summed E-state index contributed by atoms with van der Waals surface area (Å²) in [6, 6.07) is -4.61. The lowest BCUT2D eigenvalue weighted by Crippen LogP contribution is -2.61. The van der Waals surface area contributed by atoms with Crippen LogP contribution in [-0.2, 0) is 57.6 Å². The molecule has 2 aliphatic rings. The number of nitrogens with one attached hydrogen (secondary N) is 7. The van der Waals surface area contributed by atoms with Gasteiger partial charge in [-0.25, -0.2) is 14.8 Å². The molecule has 2 aliphatic heterocycles. The summed E-state index contributed by atoms with van der Waals surface area (Å²) in [6.07, 6.45) is 7.27. The molecule has 3 aromatic rings. The summed E-state index contributed by atoms with van der Waals surface area (Å²) < 4.78 is 0. The number of aromatic hydroxyl groups is 1. The van der Waals surface area contributed by atoms with E-state index < -0.39 is 109 Å². The molecule has 25 heteroatoms. The van der Waals surface area contributed by atoms with Crippen LogP contribution in [0.1, 0.15) is 61.9 Å². The second kappa shape index (κ2) is 25.3. The second-order valence-corrected chi connectivity index (χ2v) is 16.7. The van der Waals surface area contributed by atoms with E-state index in [0.717, 1.165) is 4.90 Å². The highest BCUT2D eigenvalue weighted by Crippen LogP contribution is 2.21. The number of likely N-dealkylation sites (tertiary alicyclic amines) is 2. The highest BCUT2D eigenvalue weighted by atomic mass is 16.4. The van der Waals surface area contributed by atoms with Crippen LogP contribution in [0.4, 0.5) is 0 Å². The number of rotatable bonds is 25. The van der Waals surface area contributed by atoms with E-state index in [1.807, 2.05) is 0 Å². The highest BCUT2D eigenvalue weighted by Gasteiger charge is 2.41. The Hall–Kier alpha value is -6.96. The normalized spacial score (nSPS) is 18.4. The number of carboxylic acid groups (broad SMARTS) is 1. The molecule has 0 unspecified atom stereocenters. The number of aliphatic hydroxyl groups excluding tert-OH is 2. The molecule has 8 atom stereocenters. The van der Waals surface area contributed by atoms with Gasteiger partial charge in [0.25, 0.3) is 0 Å². The molecule has 0 bridgehead atoms. The smallest absolute Gasteiger partial charge is 0.326 e. The number of aromatic amines is 2. The molecule has 2 aromatic heterocycles. The molecule has 0 saturated carbocycles. The maximum atomic E-state index is 14.1. The molecule has 0 radical (unpaired) electrons. The molecular weight excluding hydrogens is 891 g/mol. The van der Waals surface area contributed by atoms with Gasteiger partial charge in [0.1, 0.15) is 54.1 Å². The average Bonchev–Trinajstić information content (AvgIpc) is 4.19. The molecule has 68 heavy (non-hydrogen) atoms. The molecule has 7 amide bonds. The molecule has 2 saturated heterocycles. The molecule has 15 N–H and O–H groups in total. The Morgan fingerprint density at radius 3 is 1.68 bits per heavy atom. The Morgan fingerprint density at radius 2 is 1.16 bits per heavy atom. The van der Waals surface area contributed by atoms with Crippen molar-refractivity contribution in [2.75, 3.05) is 32.8 Å². The van der Waals surface area contributed by atoms with Crippen LogP contribution in [0, 0.1) is 0 Å². The molecule has 5 rings (SSSR count). The van der Waals surface area contributed by atoms with Crippen LogP contribution < -0.4 is 38.1 Å². The highest BCUT2D eigenvalue weighted by molar-refractivity contribution is 5.98. The van der Waals surface area contributed by atoms with Crippen LogP contribution >= 0.6 is 0 Å². The van der Waals surface area contributed by atoms with E-state index in [1.165, 1.54) is 54.2 Å². The van der Waals surface area contributed by atoms with Gasteiger partial charge in [0.2, 0.25) is 41.4 Å². The summed E-state index contributed by atoms with van der Waals surface area (Å²) in [4.78, 5) is 124. The molecule has 25 nitrogen and oxygen atoms in total. The third kappa shape index (κ3) is 14.3. The maximum absolute atomic E-state index is 14.1. The quantitative estimate of drug-likeness (QED) is 0.0358. The second-order valence-electron chi connectivity index (χ2n) is 16.7. The number of carbonyl (C=O) groups is 8. The van der Waals surface area contributed by atoms with Gasteiger partial charge in [-0.2, -0.15) is 0 Å². The summed E-state index contributed by atoms with van der Waals surface area (Å²) in [6.45, 7) is -1.01. The number of phenols is 1. The number of H-pyrrole nitrogens is 2. The summed E-state index contributed by atoms with van der Waals surface area (Å²) in [5, 5.41) is 52.6. The number of nitrogens with zero attached hydrogens (tertiary/aromatic N) is 4. The lowest BCUT2D eigenvalue weighted by Gasteiger charge is -2.30. The van der Waals surface area contributed by atoms with Crippen molar-refractivity contribution in [3.8, 4) is 5.75 Å². The number of hydrogen-bond donors (Lipinski definition) is 13. The fourth-order valence-corrected chi connectivity index (χ4v) is 8.12. The SMILES string of the molecule is NCCCC[C@H](NC(=O)[C@@H]1CCCN1C(=O)[C@@H](N)CO)C(=O)N[C@@H](Cc1cnc[nH]1)C(=O)N[C@@H](CO)C(=O)N1CCC[C@H]1C(=O)N[C@@H](Cc1ccc(O)cc1)C(=O)N[C@@H](Cc1cnc[nH]1)C(=O)O. The van der Waals surface area contributed by atoms with Gasteiger partial charge in [-0.15, -0.1) is 0 Å². The van der Waals surface area contributed by atoms with Crippen molar-refractivity contribution in [2.24, 2.45) is 11.5 Å². The lowest BCUT2D eigenvalue weighted by atomic mass is 10.0. The van der Waals surface area contributed by atoms with Crippen molar-refractivity contribution >= 4 is 47.3 Å². The zero-order chi connectivity index (χ0) is 49.3. The molecule has 0 aliphatic carbocycles. The van der Waals surface area contributed by atoms with Crippen LogP contribution in [-0.4, -0.2) is 179 Å². The van der Waals surface area contributed by atoms with Gasteiger partial charge in [-0.3, -0.25) is 33.6 Å². The summed E-state index contributed by atoms with van der Waals surface area (Å²) in [5.41, 5.74) is 12.8. The molecular formula is C43H61N13O12. The number of carboxylic acids is 1. The van der Waals surface area contributed by atoms with E-state index in [-0.39, 0.29) is 57.4 Å². The first-order valence-corrected chi connectivity index (χ1v) is 22.4. The minimum Gasteiger partial charge on any atom is -0.508 e. The van der Waals surface area contributed by atoms with Gasteiger partial charge in [0, 0.05) is 56.1 Å². The van der Waals surface area contributed by atoms with Crippen molar-refractivity contribution in [1.29, 1.82) is 0 Å². The number of carbonyl (C=O) groups excluding carboxylic acids is 7. The zero-order valence-electron chi connectivity index (χ0n) is 37.3. The maximum Gasteiger partial charge on any atom is 0.326 e. The van der Waals surface area contributed by atoms with Crippen LogP contribution in [0.15, 0.2) is 49.3 Å². The molecule has 0 spiro atoms. The molecule has 370 valence electrons. The van der Waals surface area contributed by atoms with E-state index in [4.69, 9.17) is 11.5 Å². The first-order valence-electron chi connectivity index (χ1n) is 22.4. The number of aromatic nitrogens is 4. The van der Waals surface area contributed by atoms with Gasteiger partial charge in [0.15, 0.2) is 0 Å². The summed E-state index contributed by atoms with van der Waals surface area (Å²) in [5.74, 6) is -6.81. The molecule has 1 aromatic carbocycles. The standard InChI is InChI=1S/C43H61N13O12/c44-12-2-1-5-29(50-39(63)34-6-3-13-55(34)41(65)28(45)20-57)36(60)51-31(16-25-18-46-22-48-25)38(62)54-33(21-58)42(66)56-14-4-7-35(56)40(64)52-30(15-24-8-10-27(59)11-9-24)37(61)53-32(43(67)68)17-26-19-47-23-49-26/h8-11,18-19,22-23,28-35,57-59H,1-7,12-17,20-21,44-45H2,(H,46,48)(H,47,49)(H,50,63)(H,51,60)(H,52,64)(H,53,61)(H,54,62)(H,67,68)/t28-,29-,30-,31-,32-,33-,34-,35-/m0/s1. The number of amides is 7. The topological polar surface area (TPSA) is 394 Å². The first-order chi connectivity index (χ1) is 32.6. The number of aliphatic hydroxyl groups is 2. The third-order valence-electron chi connectivity index (χ3n) is 11.8. The van der Waals surface area contributed by atoms with E-state index in [1.54, 1.807) is 0 Å². The molecule has 4 heterocycles. The molecule has 2 fully saturated rings.